The Hall–Kier alpha value is -1.55. The SMILES string of the molecule is O=c1ccn2cc(CCCO)[nH]c2c1. The molecule has 0 aliphatic carbocycles. The molecule has 0 unspecified atom stereocenters. The summed E-state index contributed by atoms with van der Waals surface area (Å²) in [4.78, 5) is 14.2. The minimum absolute atomic E-state index is 0.000517. The van der Waals surface area contributed by atoms with Crippen LogP contribution in [0.15, 0.2) is 29.3 Å². The van der Waals surface area contributed by atoms with E-state index in [1.165, 1.54) is 6.07 Å². The van der Waals surface area contributed by atoms with Gasteiger partial charge in [-0.2, -0.15) is 0 Å². The number of aryl methyl sites for hydroxylation is 1. The lowest BCUT2D eigenvalue weighted by Gasteiger charge is -1.91. The van der Waals surface area contributed by atoms with Crippen LogP contribution in [0.4, 0.5) is 0 Å². The normalized spacial score (nSPS) is 10.9. The van der Waals surface area contributed by atoms with Crippen molar-refractivity contribution in [3.63, 3.8) is 0 Å². The molecular formula is C10H12N2O2. The maximum absolute atomic E-state index is 11.0. The van der Waals surface area contributed by atoms with E-state index < -0.39 is 0 Å². The number of fused-ring (bicyclic) bond motifs is 1. The van der Waals surface area contributed by atoms with E-state index in [1.54, 1.807) is 12.3 Å². The highest BCUT2D eigenvalue weighted by atomic mass is 16.2. The lowest BCUT2D eigenvalue weighted by molar-refractivity contribution is 0.288. The second-order valence-corrected chi connectivity index (χ2v) is 3.26. The Labute approximate surface area is 80.8 Å². The summed E-state index contributed by atoms with van der Waals surface area (Å²) in [5.74, 6) is 0. The zero-order valence-corrected chi connectivity index (χ0v) is 7.73. The standard InChI is InChI=1S/C10H12N2O2/c13-5-1-2-8-7-12-4-3-9(14)6-10(12)11-8/h3-4,6-7,11,13H,1-2,5H2. The molecule has 0 bridgehead atoms. The number of nitrogens with one attached hydrogen (secondary N) is 1. The monoisotopic (exact) mass is 192 g/mol. The van der Waals surface area contributed by atoms with Crippen molar-refractivity contribution >= 4 is 5.65 Å². The van der Waals surface area contributed by atoms with Gasteiger partial charge in [-0.25, -0.2) is 0 Å². The fourth-order valence-corrected chi connectivity index (χ4v) is 1.47. The van der Waals surface area contributed by atoms with Gasteiger partial charge in [-0.1, -0.05) is 0 Å². The second-order valence-electron chi connectivity index (χ2n) is 3.26. The molecule has 4 heteroatoms. The van der Waals surface area contributed by atoms with Crippen LogP contribution in [-0.2, 0) is 6.42 Å². The highest BCUT2D eigenvalue weighted by Gasteiger charge is 1.99. The summed E-state index contributed by atoms with van der Waals surface area (Å²) in [5, 5.41) is 8.68. The number of rotatable bonds is 3. The molecule has 0 saturated carbocycles. The van der Waals surface area contributed by atoms with Gasteiger partial charge in [-0.15, -0.1) is 0 Å². The first-order chi connectivity index (χ1) is 6.79. The largest absolute Gasteiger partial charge is 0.396 e. The molecule has 0 amide bonds. The first kappa shape index (κ1) is 9.02. The number of pyridine rings is 1. The number of aliphatic hydroxyl groups excluding tert-OH is 1. The van der Waals surface area contributed by atoms with Gasteiger partial charge < -0.3 is 14.5 Å². The average molecular weight is 192 g/mol. The van der Waals surface area contributed by atoms with Crippen LogP contribution in [0.25, 0.3) is 5.65 Å². The number of hydrogen-bond acceptors (Lipinski definition) is 2. The van der Waals surface area contributed by atoms with Gasteiger partial charge in [0, 0.05) is 36.8 Å². The van der Waals surface area contributed by atoms with Crippen LogP contribution in [0.2, 0.25) is 0 Å². The molecule has 0 aromatic carbocycles. The molecule has 0 radical (unpaired) electrons. The van der Waals surface area contributed by atoms with E-state index in [0.717, 1.165) is 24.2 Å². The minimum Gasteiger partial charge on any atom is -0.396 e. The number of aromatic nitrogens is 2. The molecule has 4 nitrogen and oxygen atoms in total. The number of H-pyrrole nitrogens is 1. The Bertz CT molecular complexity index is 484. The fraction of sp³-hybridized carbons (Fsp3) is 0.300. The van der Waals surface area contributed by atoms with Crippen molar-refractivity contribution in [3.8, 4) is 0 Å². The number of hydrogen-bond donors (Lipinski definition) is 2. The van der Waals surface area contributed by atoms with Gasteiger partial charge in [0.2, 0.25) is 0 Å². The number of aliphatic hydroxyl groups is 1. The van der Waals surface area contributed by atoms with Crippen molar-refractivity contribution in [1.82, 2.24) is 9.38 Å². The second kappa shape index (κ2) is 3.67. The van der Waals surface area contributed by atoms with Crippen LogP contribution in [0.1, 0.15) is 12.1 Å². The molecule has 2 aromatic heterocycles. The van der Waals surface area contributed by atoms with Crippen LogP contribution in [-0.4, -0.2) is 21.1 Å². The maximum Gasteiger partial charge on any atom is 0.183 e. The number of aromatic amines is 1. The molecule has 0 saturated heterocycles. The van der Waals surface area contributed by atoms with Crippen LogP contribution in [0, 0.1) is 0 Å². The van der Waals surface area contributed by atoms with Crippen LogP contribution in [0.3, 0.4) is 0 Å². The average Bonchev–Trinajstić information content (AvgIpc) is 2.56. The number of nitrogens with zero attached hydrogens (tertiary/aromatic N) is 1. The molecule has 0 atom stereocenters. The Kier molecular flexibility index (Phi) is 2.37. The summed E-state index contributed by atoms with van der Waals surface area (Å²) < 4.78 is 1.87. The molecule has 14 heavy (non-hydrogen) atoms. The van der Waals surface area contributed by atoms with Crippen molar-refractivity contribution in [2.45, 2.75) is 12.8 Å². The molecule has 2 rings (SSSR count). The zero-order valence-electron chi connectivity index (χ0n) is 7.73. The van der Waals surface area contributed by atoms with Crippen LogP contribution in [0.5, 0.6) is 0 Å². The van der Waals surface area contributed by atoms with Gasteiger partial charge >= 0.3 is 0 Å². The molecule has 2 aromatic rings. The number of imidazole rings is 1. The third-order valence-electron chi connectivity index (χ3n) is 2.14. The first-order valence-electron chi connectivity index (χ1n) is 4.60. The Morgan fingerprint density at radius 3 is 3.14 bits per heavy atom. The Balaban J connectivity index is 2.36. The van der Waals surface area contributed by atoms with Gasteiger partial charge in [0.05, 0.1) is 0 Å². The summed E-state index contributed by atoms with van der Waals surface area (Å²) in [6.07, 6.45) is 5.20. The maximum atomic E-state index is 11.0. The highest BCUT2D eigenvalue weighted by Crippen LogP contribution is 2.04. The molecule has 2 N–H and O–H groups in total. The summed E-state index contributed by atoms with van der Waals surface area (Å²) >= 11 is 0. The van der Waals surface area contributed by atoms with Gasteiger partial charge in [-0.3, -0.25) is 4.79 Å². The van der Waals surface area contributed by atoms with E-state index in [2.05, 4.69) is 4.98 Å². The summed E-state index contributed by atoms with van der Waals surface area (Å²) in [5.41, 5.74) is 1.83. The van der Waals surface area contributed by atoms with Crippen molar-refractivity contribution in [1.29, 1.82) is 0 Å². The van der Waals surface area contributed by atoms with Gasteiger partial charge in [-0.05, 0) is 12.8 Å². The summed E-state index contributed by atoms with van der Waals surface area (Å²) in [6.45, 7) is 0.187. The smallest absolute Gasteiger partial charge is 0.183 e. The quantitative estimate of drug-likeness (QED) is 0.746. The Morgan fingerprint density at radius 2 is 2.36 bits per heavy atom. The van der Waals surface area contributed by atoms with Crippen molar-refractivity contribution < 1.29 is 5.11 Å². The molecule has 74 valence electrons. The van der Waals surface area contributed by atoms with Crippen LogP contribution >= 0.6 is 0 Å². The van der Waals surface area contributed by atoms with E-state index in [-0.39, 0.29) is 12.0 Å². The summed E-state index contributed by atoms with van der Waals surface area (Å²) in [7, 11) is 0. The first-order valence-corrected chi connectivity index (χ1v) is 4.60. The van der Waals surface area contributed by atoms with Gasteiger partial charge in [0.25, 0.3) is 0 Å². The molecule has 0 fully saturated rings. The van der Waals surface area contributed by atoms with Crippen molar-refractivity contribution in [2.75, 3.05) is 6.61 Å². The van der Waals surface area contributed by atoms with E-state index in [9.17, 15) is 4.79 Å². The van der Waals surface area contributed by atoms with Crippen molar-refractivity contribution in [3.05, 3.63) is 40.4 Å². The van der Waals surface area contributed by atoms with E-state index >= 15 is 0 Å². The predicted molar refractivity (Wildman–Crippen MR) is 53.4 cm³/mol. The lowest BCUT2D eigenvalue weighted by Crippen LogP contribution is -1.97. The van der Waals surface area contributed by atoms with E-state index in [1.807, 2.05) is 10.6 Å². The van der Waals surface area contributed by atoms with Gasteiger partial charge in [0.1, 0.15) is 5.65 Å². The molecular weight excluding hydrogens is 180 g/mol. The molecule has 0 aliphatic heterocycles. The third-order valence-corrected chi connectivity index (χ3v) is 2.14. The Morgan fingerprint density at radius 1 is 1.50 bits per heavy atom. The molecule has 2 heterocycles. The lowest BCUT2D eigenvalue weighted by atomic mass is 10.3. The summed E-state index contributed by atoms with van der Waals surface area (Å²) in [6, 6.07) is 3.08. The topological polar surface area (TPSA) is 57.5 Å². The third kappa shape index (κ3) is 1.70. The van der Waals surface area contributed by atoms with Crippen LogP contribution < -0.4 is 5.43 Å². The predicted octanol–water partition coefficient (Wildman–Crippen LogP) is 0.553. The van der Waals surface area contributed by atoms with E-state index in [4.69, 9.17) is 5.11 Å². The minimum atomic E-state index is 0.000517. The molecule has 0 aliphatic rings. The van der Waals surface area contributed by atoms with E-state index in [0.29, 0.717) is 0 Å². The fourth-order valence-electron chi connectivity index (χ4n) is 1.47. The van der Waals surface area contributed by atoms with Crippen molar-refractivity contribution in [2.24, 2.45) is 0 Å². The highest BCUT2D eigenvalue weighted by molar-refractivity contribution is 5.39. The molecule has 0 spiro atoms. The van der Waals surface area contributed by atoms with Gasteiger partial charge in [0.15, 0.2) is 5.43 Å². The zero-order chi connectivity index (χ0) is 9.97.